The van der Waals surface area contributed by atoms with Crippen LogP contribution in [0.25, 0.3) is 0 Å². The third-order valence-corrected chi connectivity index (χ3v) is 4.92. The highest BCUT2D eigenvalue weighted by molar-refractivity contribution is 5.81. The summed E-state index contributed by atoms with van der Waals surface area (Å²) in [5, 5.41) is 0. The molecule has 0 spiro atoms. The van der Waals surface area contributed by atoms with Crippen molar-refractivity contribution in [3.8, 4) is 0 Å². The summed E-state index contributed by atoms with van der Waals surface area (Å²) in [5.41, 5.74) is 2.98. The second-order valence-corrected chi connectivity index (χ2v) is 6.67. The van der Waals surface area contributed by atoms with Crippen molar-refractivity contribution < 1.29 is 4.79 Å². The second kappa shape index (κ2) is 5.85. The summed E-state index contributed by atoms with van der Waals surface area (Å²) >= 11 is 0. The lowest BCUT2D eigenvalue weighted by Crippen LogP contribution is -2.37. The number of nitrogens with zero attached hydrogens (tertiary/aromatic N) is 5. The van der Waals surface area contributed by atoms with Crippen LogP contribution in [0, 0.1) is 13.8 Å². The third-order valence-electron chi connectivity index (χ3n) is 4.92. The van der Waals surface area contributed by atoms with E-state index in [9.17, 15) is 4.79 Å². The van der Waals surface area contributed by atoms with E-state index in [2.05, 4.69) is 19.9 Å². The van der Waals surface area contributed by atoms with E-state index in [0.717, 1.165) is 35.9 Å². The zero-order valence-electron chi connectivity index (χ0n) is 14.0. The summed E-state index contributed by atoms with van der Waals surface area (Å²) in [6.07, 6.45) is 5.16. The molecule has 0 radical (unpaired) electrons. The summed E-state index contributed by atoms with van der Waals surface area (Å²) < 4.78 is 0. The highest BCUT2D eigenvalue weighted by Gasteiger charge is 2.47. The Hall–Kier alpha value is -2.50. The van der Waals surface area contributed by atoms with Gasteiger partial charge >= 0.3 is 0 Å². The SMILES string of the molecule is Cc1cnc(N2CC[C@@H]3[C@@H]2CC(=O)N3Cc2cccc(C)n2)nc1. The molecule has 2 atom stereocenters. The van der Waals surface area contributed by atoms with Gasteiger partial charge in [-0.3, -0.25) is 9.78 Å². The number of hydrogen-bond acceptors (Lipinski definition) is 5. The molecule has 0 saturated carbocycles. The summed E-state index contributed by atoms with van der Waals surface area (Å²) in [6.45, 7) is 5.43. The van der Waals surface area contributed by atoms with Crippen molar-refractivity contribution in [3.63, 3.8) is 0 Å². The zero-order valence-corrected chi connectivity index (χ0v) is 14.0. The largest absolute Gasteiger partial charge is 0.335 e. The molecular weight excluding hydrogens is 302 g/mol. The molecule has 0 unspecified atom stereocenters. The van der Waals surface area contributed by atoms with E-state index in [-0.39, 0.29) is 18.0 Å². The van der Waals surface area contributed by atoms with Crippen LogP contribution in [0.2, 0.25) is 0 Å². The highest BCUT2D eigenvalue weighted by Crippen LogP contribution is 2.35. The molecule has 2 fully saturated rings. The molecule has 2 aromatic heterocycles. The normalized spacial score (nSPS) is 23.0. The van der Waals surface area contributed by atoms with Gasteiger partial charge in [0.1, 0.15) is 0 Å². The van der Waals surface area contributed by atoms with Crippen LogP contribution < -0.4 is 4.90 Å². The molecule has 1 amide bonds. The zero-order chi connectivity index (χ0) is 16.7. The fourth-order valence-electron chi connectivity index (χ4n) is 3.78. The number of hydrogen-bond donors (Lipinski definition) is 0. The van der Waals surface area contributed by atoms with Gasteiger partial charge in [0.2, 0.25) is 11.9 Å². The number of aryl methyl sites for hydroxylation is 2. The molecule has 0 aliphatic carbocycles. The van der Waals surface area contributed by atoms with Crippen LogP contribution in [-0.4, -0.2) is 44.4 Å². The number of amides is 1. The minimum atomic E-state index is 0.171. The Morgan fingerprint density at radius 1 is 1.17 bits per heavy atom. The number of likely N-dealkylation sites (tertiary alicyclic amines) is 1. The fourth-order valence-corrected chi connectivity index (χ4v) is 3.78. The average molecular weight is 323 g/mol. The van der Waals surface area contributed by atoms with Gasteiger partial charge in [0.15, 0.2) is 0 Å². The summed E-state index contributed by atoms with van der Waals surface area (Å²) in [4.78, 5) is 30.1. The van der Waals surface area contributed by atoms with Crippen LogP contribution in [-0.2, 0) is 11.3 Å². The predicted molar refractivity (Wildman–Crippen MR) is 90.4 cm³/mol. The molecule has 124 valence electrons. The topological polar surface area (TPSA) is 62.2 Å². The first kappa shape index (κ1) is 15.1. The van der Waals surface area contributed by atoms with Crippen molar-refractivity contribution in [1.82, 2.24) is 19.9 Å². The average Bonchev–Trinajstić information content (AvgIpc) is 3.09. The van der Waals surface area contributed by atoms with E-state index in [4.69, 9.17) is 0 Å². The van der Waals surface area contributed by atoms with Gasteiger partial charge < -0.3 is 9.80 Å². The number of aromatic nitrogens is 3. The molecule has 2 aliphatic rings. The van der Waals surface area contributed by atoms with Gasteiger partial charge in [-0.05, 0) is 38.0 Å². The molecule has 0 aromatic carbocycles. The van der Waals surface area contributed by atoms with Gasteiger partial charge in [-0.2, -0.15) is 0 Å². The molecule has 6 nitrogen and oxygen atoms in total. The van der Waals surface area contributed by atoms with E-state index >= 15 is 0 Å². The van der Waals surface area contributed by atoms with Crippen LogP contribution in [0.3, 0.4) is 0 Å². The van der Waals surface area contributed by atoms with E-state index in [1.807, 2.05) is 49.3 Å². The molecule has 2 aromatic rings. The lowest BCUT2D eigenvalue weighted by Gasteiger charge is -2.25. The summed E-state index contributed by atoms with van der Waals surface area (Å²) in [7, 11) is 0. The number of pyridine rings is 1. The maximum Gasteiger partial charge on any atom is 0.225 e. The van der Waals surface area contributed by atoms with Gasteiger partial charge in [-0.1, -0.05) is 6.07 Å². The van der Waals surface area contributed by atoms with Crippen LogP contribution in [0.4, 0.5) is 5.95 Å². The van der Waals surface area contributed by atoms with E-state index in [1.165, 1.54) is 0 Å². The van der Waals surface area contributed by atoms with Crippen molar-refractivity contribution in [2.24, 2.45) is 0 Å². The first-order valence-corrected chi connectivity index (χ1v) is 8.39. The Balaban J connectivity index is 1.54. The van der Waals surface area contributed by atoms with E-state index in [1.54, 1.807) is 0 Å². The maximum absolute atomic E-state index is 12.5. The van der Waals surface area contributed by atoms with Crippen LogP contribution in [0.5, 0.6) is 0 Å². The molecule has 0 N–H and O–H groups in total. The third kappa shape index (κ3) is 2.62. The highest BCUT2D eigenvalue weighted by atomic mass is 16.2. The number of carbonyl (C=O) groups is 1. The number of rotatable bonds is 3. The molecule has 0 bridgehead atoms. The minimum Gasteiger partial charge on any atom is -0.335 e. The molecule has 24 heavy (non-hydrogen) atoms. The van der Waals surface area contributed by atoms with Gasteiger partial charge in [0, 0.05) is 31.1 Å². The number of anilines is 1. The molecule has 2 aliphatic heterocycles. The van der Waals surface area contributed by atoms with E-state index < -0.39 is 0 Å². The molecule has 4 heterocycles. The lowest BCUT2D eigenvalue weighted by molar-refractivity contribution is -0.129. The van der Waals surface area contributed by atoms with Gasteiger partial charge in [-0.15, -0.1) is 0 Å². The Labute approximate surface area is 141 Å². The maximum atomic E-state index is 12.5. The summed E-state index contributed by atoms with van der Waals surface area (Å²) in [6, 6.07) is 6.36. The van der Waals surface area contributed by atoms with Crippen LogP contribution in [0.15, 0.2) is 30.6 Å². The minimum absolute atomic E-state index is 0.171. The van der Waals surface area contributed by atoms with Crippen molar-refractivity contribution in [2.75, 3.05) is 11.4 Å². The van der Waals surface area contributed by atoms with Crippen LogP contribution >= 0.6 is 0 Å². The first-order chi connectivity index (χ1) is 11.6. The van der Waals surface area contributed by atoms with Crippen LogP contribution in [0.1, 0.15) is 29.8 Å². The van der Waals surface area contributed by atoms with Crippen molar-refractivity contribution in [1.29, 1.82) is 0 Å². The first-order valence-electron chi connectivity index (χ1n) is 8.39. The molecule has 6 heteroatoms. The second-order valence-electron chi connectivity index (χ2n) is 6.67. The van der Waals surface area contributed by atoms with Crippen molar-refractivity contribution in [2.45, 2.75) is 45.3 Å². The van der Waals surface area contributed by atoms with Gasteiger partial charge in [-0.25, -0.2) is 9.97 Å². The quantitative estimate of drug-likeness (QED) is 0.863. The van der Waals surface area contributed by atoms with E-state index in [0.29, 0.717) is 13.0 Å². The van der Waals surface area contributed by atoms with Gasteiger partial charge in [0.25, 0.3) is 0 Å². The smallest absolute Gasteiger partial charge is 0.225 e. The van der Waals surface area contributed by atoms with Crippen molar-refractivity contribution in [3.05, 3.63) is 47.5 Å². The predicted octanol–water partition coefficient (Wildman–Crippen LogP) is 1.87. The van der Waals surface area contributed by atoms with Crippen molar-refractivity contribution >= 4 is 11.9 Å². The Kier molecular flexibility index (Phi) is 3.67. The standard InChI is InChI=1S/C18H21N5O/c1-12-9-19-18(20-10-12)22-7-6-15-16(22)8-17(24)23(15)11-14-5-3-4-13(2)21-14/h3-5,9-10,15-16H,6-8,11H2,1-2H3/t15-,16+/m1/s1. The lowest BCUT2D eigenvalue weighted by atomic mass is 10.1. The number of fused-ring (bicyclic) bond motifs is 1. The molecular formula is C18H21N5O. The number of carbonyl (C=O) groups excluding carboxylic acids is 1. The molecule has 2 saturated heterocycles. The summed E-state index contributed by atoms with van der Waals surface area (Å²) in [5.74, 6) is 0.932. The Morgan fingerprint density at radius 3 is 2.71 bits per heavy atom. The van der Waals surface area contributed by atoms with Gasteiger partial charge in [0.05, 0.1) is 24.3 Å². The Morgan fingerprint density at radius 2 is 1.96 bits per heavy atom. The molecule has 4 rings (SSSR count). The fraction of sp³-hybridized carbons (Fsp3) is 0.444. The monoisotopic (exact) mass is 323 g/mol. The Bertz CT molecular complexity index is 760.